The summed E-state index contributed by atoms with van der Waals surface area (Å²) in [6.45, 7) is 0. The molecular weight excluding hydrogens is 392 g/mol. The van der Waals surface area contributed by atoms with E-state index in [-0.39, 0.29) is 0 Å². The molecule has 5 rings (SSSR count). The average Bonchev–Trinajstić information content (AvgIpc) is 2.73. The van der Waals surface area contributed by atoms with Gasteiger partial charge in [0, 0.05) is 4.47 Å². The van der Waals surface area contributed by atoms with E-state index in [2.05, 4.69) is 119 Å². The topological polar surface area (TPSA) is 0 Å². The zero-order valence-corrected chi connectivity index (χ0v) is 16.3. The Labute approximate surface area is 167 Å². The summed E-state index contributed by atoms with van der Waals surface area (Å²) in [4.78, 5) is 0. The van der Waals surface area contributed by atoms with Gasteiger partial charge >= 0.3 is 0 Å². The summed E-state index contributed by atoms with van der Waals surface area (Å²) in [6.07, 6.45) is 0. The van der Waals surface area contributed by atoms with Crippen LogP contribution >= 0.6 is 15.9 Å². The fourth-order valence-corrected chi connectivity index (χ4v) is 4.09. The van der Waals surface area contributed by atoms with Crippen LogP contribution in [0, 0.1) is 0 Å². The molecule has 0 amide bonds. The standard InChI is InChI=1S/C26H17Br/c27-24-15-14-22-16-21(12-13-23(22)17-24)18-8-10-20(11-9-18)26-7-3-5-19-4-1-2-6-25(19)26/h1-17H. The molecule has 0 aromatic heterocycles. The molecule has 0 heterocycles. The number of hydrogen-bond donors (Lipinski definition) is 0. The monoisotopic (exact) mass is 408 g/mol. The molecule has 0 nitrogen and oxygen atoms in total. The van der Waals surface area contributed by atoms with E-state index >= 15 is 0 Å². The van der Waals surface area contributed by atoms with Crippen molar-refractivity contribution in [3.63, 3.8) is 0 Å². The van der Waals surface area contributed by atoms with Gasteiger partial charge in [-0.3, -0.25) is 0 Å². The summed E-state index contributed by atoms with van der Waals surface area (Å²) >= 11 is 3.54. The van der Waals surface area contributed by atoms with Crippen LogP contribution in [0.1, 0.15) is 0 Å². The van der Waals surface area contributed by atoms with Gasteiger partial charge in [0.1, 0.15) is 0 Å². The van der Waals surface area contributed by atoms with Crippen molar-refractivity contribution in [3.8, 4) is 22.3 Å². The molecule has 5 aromatic carbocycles. The molecule has 5 aromatic rings. The zero-order valence-electron chi connectivity index (χ0n) is 14.7. The molecule has 0 aliphatic rings. The lowest BCUT2D eigenvalue weighted by Gasteiger charge is -2.09. The van der Waals surface area contributed by atoms with Crippen LogP contribution < -0.4 is 0 Å². The van der Waals surface area contributed by atoms with Gasteiger partial charge in [0.25, 0.3) is 0 Å². The maximum absolute atomic E-state index is 3.54. The Bertz CT molecular complexity index is 1260. The van der Waals surface area contributed by atoms with Gasteiger partial charge in [0.05, 0.1) is 0 Å². The van der Waals surface area contributed by atoms with E-state index < -0.39 is 0 Å². The quantitative estimate of drug-likeness (QED) is 0.276. The molecule has 1 heteroatoms. The summed E-state index contributed by atoms with van der Waals surface area (Å²) < 4.78 is 1.11. The number of hydrogen-bond acceptors (Lipinski definition) is 0. The fourth-order valence-electron chi connectivity index (χ4n) is 3.72. The van der Waals surface area contributed by atoms with Gasteiger partial charge in [-0.1, -0.05) is 101 Å². The second kappa shape index (κ2) is 6.68. The van der Waals surface area contributed by atoms with Crippen molar-refractivity contribution in [2.45, 2.75) is 0 Å². The molecule has 0 fully saturated rings. The van der Waals surface area contributed by atoms with Crippen LogP contribution in [0.15, 0.2) is 108 Å². The summed E-state index contributed by atoms with van der Waals surface area (Å²) in [6, 6.07) is 37.0. The molecule has 0 aliphatic carbocycles. The maximum atomic E-state index is 3.54. The third-order valence-electron chi connectivity index (χ3n) is 5.12. The highest BCUT2D eigenvalue weighted by Gasteiger charge is 2.05. The minimum Gasteiger partial charge on any atom is -0.0616 e. The Morgan fingerprint density at radius 3 is 2.00 bits per heavy atom. The Hall–Kier alpha value is -2.90. The lowest BCUT2D eigenvalue weighted by atomic mass is 9.95. The van der Waals surface area contributed by atoms with E-state index in [0.29, 0.717) is 0 Å². The molecule has 0 unspecified atom stereocenters. The van der Waals surface area contributed by atoms with Gasteiger partial charge in [-0.25, -0.2) is 0 Å². The minimum absolute atomic E-state index is 1.11. The number of fused-ring (bicyclic) bond motifs is 2. The van der Waals surface area contributed by atoms with Crippen LogP contribution in [0.3, 0.4) is 0 Å². The van der Waals surface area contributed by atoms with Crippen molar-refractivity contribution in [1.29, 1.82) is 0 Å². The van der Waals surface area contributed by atoms with Crippen LogP contribution in [0.2, 0.25) is 0 Å². The fraction of sp³-hybridized carbons (Fsp3) is 0. The van der Waals surface area contributed by atoms with Gasteiger partial charge in [-0.05, 0) is 62.0 Å². The maximum Gasteiger partial charge on any atom is 0.0181 e. The number of halogens is 1. The van der Waals surface area contributed by atoms with E-state index in [1.54, 1.807) is 0 Å². The van der Waals surface area contributed by atoms with E-state index in [1.165, 1.54) is 43.8 Å². The lowest BCUT2D eigenvalue weighted by Crippen LogP contribution is -1.83. The van der Waals surface area contributed by atoms with Crippen molar-refractivity contribution in [2.24, 2.45) is 0 Å². The van der Waals surface area contributed by atoms with E-state index in [1.807, 2.05) is 0 Å². The molecule has 0 aliphatic heterocycles. The first-order chi connectivity index (χ1) is 13.3. The van der Waals surface area contributed by atoms with Crippen LogP contribution in [0.25, 0.3) is 43.8 Å². The predicted octanol–water partition coefficient (Wildman–Crippen LogP) is 8.09. The van der Waals surface area contributed by atoms with Gasteiger partial charge in [0.2, 0.25) is 0 Å². The smallest absolute Gasteiger partial charge is 0.0181 e. The second-order valence-electron chi connectivity index (χ2n) is 6.81. The van der Waals surface area contributed by atoms with Crippen molar-refractivity contribution < 1.29 is 0 Å². The molecule has 0 saturated heterocycles. The first kappa shape index (κ1) is 16.3. The Kier molecular flexibility index (Phi) is 4.03. The predicted molar refractivity (Wildman–Crippen MR) is 120 cm³/mol. The Morgan fingerprint density at radius 1 is 0.444 bits per heavy atom. The molecule has 0 radical (unpaired) electrons. The summed E-state index contributed by atoms with van der Waals surface area (Å²) in [5, 5.41) is 5.08. The zero-order chi connectivity index (χ0) is 18.2. The van der Waals surface area contributed by atoms with Crippen molar-refractivity contribution >= 4 is 37.5 Å². The highest BCUT2D eigenvalue weighted by Crippen LogP contribution is 2.31. The van der Waals surface area contributed by atoms with Crippen molar-refractivity contribution in [3.05, 3.63) is 108 Å². The SMILES string of the molecule is Brc1ccc2cc(-c3ccc(-c4cccc5ccccc45)cc3)ccc2c1. The minimum atomic E-state index is 1.11. The van der Waals surface area contributed by atoms with Crippen LogP contribution in [-0.4, -0.2) is 0 Å². The van der Waals surface area contributed by atoms with E-state index in [0.717, 1.165) is 4.47 Å². The molecule has 0 N–H and O–H groups in total. The summed E-state index contributed by atoms with van der Waals surface area (Å²) in [7, 11) is 0. The summed E-state index contributed by atoms with van der Waals surface area (Å²) in [5.74, 6) is 0. The van der Waals surface area contributed by atoms with Gasteiger partial charge in [0.15, 0.2) is 0 Å². The van der Waals surface area contributed by atoms with Gasteiger partial charge in [-0.2, -0.15) is 0 Å². The van der Waals surface area contributed by atoms with Crippen LogP contribution in [0.4, 0.5) is 0 Å². The average molecular weight is 409 g/mol. The Morgan fingerprint density at radius 2 is 1.11 bits per heavy atom. The van der Waals surface area contributed by atoms with E-state index in [9.17, 15) is 0 Å². The number of rotatable bonds is 2. The molecule has 0 spiro atoms. The van der Waals surface area contributed by atoms with E-state index in [4.69, 9.17) is 0 Å². The lowest BCUT2D eigenvalue weighted by molar-refractivity contribution is 1.62. The molecular formula is C26H17Br. The Balaban J connectivity index is 1.56. The van der Waals surface area contributed by atoms with Gasteiger partial charge in [-0.15, -0.1) is 0 Å². The van der Waals surface area contributed by atoms with Crippen molar-refractivity contribution in [2.75, 3.05) is 0 Å². The van der Waals surface area contributed by atoms with Gasteiger partial charge < -0.3 is 0 Å². The second-order valence-corrected chi connectivity index (χ2v) is 7.73. The van der Waals surface area contributed by atoms with Crippen LogP contribution in [0.5, 0.6) is 0 Å². The largest absolute Gasteiger partial charge is 0.0616 e. The normalized spacial score (nSPS) is 11.1. The first-order valence-corrected chi connectivity index (χ1v) is 9.85. The molecule has 27 heavy (non-hydrogen) atoms. The highest BCUT2D eigenvalue weighted by atomic mass is 79.9. The molecule has 0 atom stereocenters. The first-order valence-electron chi connectivity index (χ1n) is 9.06. The third kappa shape index (κ3) is 3.05. The molecule has 0 bridgehead atoms. The number of benzene rings is 5. The molecule has 0 saturated carbocycles. The van der Waals surface area contributed by atoms with Crippen LogP contribution in [-0.2, 0) is 0 Å². The molecule has 128 valence electrons. The summed E-state index contributed by atoms with van der Waals surface area (Å²) in [5.41, 5.74) is 5.02. The van der Waals surface area contributed by atoms with Crippen molar-refractivity contribution in [1.82, 2.24) is 0 Å². The third-order valence-corrected chi connectivity index (χ3v) is 5.61. The highest BCUT2D eigenvalue weighted by molar-refractivity contribution is 9.10.